The van der Waals surface area contributed by atoms with Gasteiger partial charge in [0.15, 0.2) is 6.29 Å². The van der Waals surface area contributed by atoms with Gasteiger partial charge in [-0.25, -0.2) is 4.79 Å². The number of likely N-dealkylation sites (tertiary alicyclic amines) is 1. The highest BCUT2D eigenvalue weighted by atomic mass is 32.2. The topological polar surface area (TPSA) is 68.2 Å². The number of hydrogen-bond acceptors (Lipinski definition) is 6. The van der Waals surface area contributed by atoms with Gasteiger partial charge in [-0.2, -0.15) is 11.8 Å². The molecule has 1 N–H and O–H groups in total. The Morgan fingerprint density at radius 2 is 2.00 bits per heavy atom. The molecule has 0 spiro atoms. The summed E-state index contributed by atoms with van der Waals surface area (Å²) >= 11 is 1.55. The predicted molar refractivity (Wildman–Crippen MR) is 100 cm³/mol. The van der Waals surface area contributed by atoms with Gasteiger partial charge in [-0.3, -0.25) is 4.90 Å². The SMILES string of the molecule is CS[C@@H]1[C@@H]2O[C@H](c3ccccc3)OC[C@H]2N(C(=O)OC(C)(C)C)C[C@H]1O. The standard InChI is InChI=1S/C19H27NO5S/c1-19(2,3)25-18(22)20-10-14(21)16(26-4)15-13(20)11-23-17(24-15)12-8-6-5-7-9-12/h5-9,13-17,21H,10-11H2,1-4H3/t13-,14-,15-,16+,17-/m1/s1. The van der Waals surface area contributed by atoms with E-state index >= 15 is 0 Å². The third-order valence-electron chi connectivity index (χ3n) is 4.54. The zero-order chi connectivity index (χ0) is 18.9. The van der Waals surface area contributed by atoms with Crippen molar-refractivity contribution in [3.63, 3.8) is 0 Å². The largest absolute Gasteiger partial charge is 0.444 e. The van der Waals surface area contributed by atoms with Crippen molar-refractivity contribution in [1.82, 2.24) is 4.90 Å². The molecule has 6 nitrogen and oxygen atoms in total. The van der Waals surface area contributed by atoms with Crippen molar-refractivity contribution in [1.29, 1.82) is 0 Å². The molecule has 0 aromatic heterocycles. The molecule has 0 bridgehead atoms. The number of aliphatic hydroxyl groups is 1. The fourth-order valence-corrected chi connectivity index (χ4v) is 4.30. The second-order valence-corrected chi connectivity index (χ2v) is 8.66. The first-order valence-electron chi connectivity index (χ1n) is 8.82. The molecule has 3 rings (SSSR count). The summed E-state index contributed by atoms with van der Waals surface area (Å²) in [6, 6.07) is 9.42. The van der Waals surface area contributed by atoms with Crippen LogP contribution in [0.15, 0.2) is 30.3 Å². The van der Waals surface area contributed by atoms with Crippen molar-refractivity contribution < 1.29 is 24.1 Å². The lowest BCUT2D eigenvalue weighted by molar-refractivity contribution is -0.255. The number of β-amino-alcohol motifs (C(OH)–C–C–N with tert-alkyl or cyclic N) is 1. The normalized spacial score (nSPS) is 32.0. The summed E-state index contributed by atoms with van der Waals surface area (Å²) < 4.78 is 17.6. The van der Waals surface area contributed by atoms with Gasteiger partial charge in [0.1, 0.15) is 5.60 Å². The van der Waals surface area contributed by atoms with Gasteiger partial charge in [0.2, 0.25) is 0 Å². The van der Waals surface area contributed by atoms with E-state index in [1.807, 2.05) is 57.4 Å². The van der Waals surface area contributed by atoms with Crippen LogP contribution in [-0.2, 0) is 14.2 Å². The van der Waals surface area contributed by atoms with Crippen molar-refractivity contribution in [2.24, 2.45) is 0 Å². The van der Waals surface area contributed by atoms with E-state index < -0.39 is 24.1 Å². The molecule has 2 fully saturated rings. The summed E-state index contributed by atoms with van der Waals surface area (Å²) in [5.74, 6) is 0. The number of ether oxygens (including phenoxy) is 3. The smallest absolute Gasteiger partial charge is 0.410 e. The highest BCUT2D eigenvalue weighted by Gasteiger charge is 2.50. The number of hydrogen-bond donors (Lipinski definition) is 1. The van der Waals surface area contributed by atoms with Crippen molar-refractivity contribution in [2.75, 3.05) is 19.4 Å². The minimum absolute atomic E-state index is 0.131. The maximum absolute atomic E-state index is 12.6. The Balaban J connectivity index is 1.81. The molecular formula is C19H27NO5S. The fourth-order valence-electron chi connectivity index (χ4n) is 3.38. The minimum Gasteiger partial charge on any atom is -0.444 e. The first-order chi connectivity index (χ1) is 12.3. The number of rotatable bonds is 2. The monoisotopic (exact) mass is 381 g/mol. The van der Waals surface area contributed by atoms with E-state index in [1.165, 1.54) is 0 Å². The average molecular weight is 381 g/mol. The number of nitrogens with zero attached hydrogens (tertiary/aromatic N) is 1. The number of carbonyl (C=O) groups excluding carboxylic acids is 1. The molecule has 0 unspecified atom stereocenters. The maximum atomic E-state index is 12.6. The van der Waals surface area contributed by atoms with Gasteiger partial charge in [0.05, 0.1) is 36.7 Å². The number of carbonyl (C=O) groups is 1. The zero-order valence-corrected chi connectivity index (χ0v) is 16.4. The Morgan fingerprint density at radius 3 is 2.62 bits per heavy atom. The van der Waals surface area contributed by atoms with Crippen LogP contribution < -0.4 is 0 Å². The molecule has 2 heterocycles. The van der Waals surface area contributed by atoms with Gasteiger partial charge in [-0.15, -0.1) is 0 Å². The van der Waals surface area contributed by atoms with Crippen LogP contribution in [0.4, 0.5) is 4.79 Å². The van der Waals surface area contributed by atoms with E-state index in [0.717, 1.165) is 5.56 Å². The summed E-state index contributed by atoms with van der Waals surface area (Å²) in [5.41, 5.74) is 0.325. The van der Waals surface area contributed by atoms with Gasteiger partial charge in [-0.05, 0) is 27.0 Å². The second-order valence-electron chi connectivity index (χ2n) is 7.64. The van der Waals surface area contributed by atoms with E-state index in [1.54, 1.807) is 16.7 Å². The summed E-state index contributed by atoms with van der Waals surface area (Å²) in [4.78, 5) is 14.2. The lowest BCUT2D eigenvalue weighted by Gasteiger charge is -2.50. The molecule has 0 saturated carbocycles. The minimum atomic E-state index is -0.687. The summed E-state index contributed by atoms with van der Waals surface area (Å²) in [6.45, 7) is 6.03. The van der Waals surface area contributed by atoms with Crippen LogP contribution in [0, 0.1) is 0 Å². The quantitative estimate of drug-likeness (QED) is 0.850. The van der Waals surface area contributed by atoms with Gasteiger partial charge >= 0.3 is 6.09 Å². The van der Waals surface area contributed by atoms with E-state index in [0.29, 0.717) is 6.61 Å². The van der Waals surface area contributed by atoms with Crippen LogP contribution in [0.5, 0.6) is 0 Å². The van der Waals surface area contributed by atoms with Crippen LogP contribution in [0.25, 0.3) is 0 Å². The van der Waals surface area contributed by atoms with Gasteiger partial charge in [0.25, 0.3) is 0 Å². The Labute approximate surface area is 158 Å². The van der Waals surface area contributed by atoms with Crippen molar-refractivity contribution in [3.05, 3.63) is 35.9 Å². The zero-order valence-electron chi connectivity index (χ0n) is 15.6. The first kappa shape index (κ1) is 19.5. The van der Waals surface area contributed by atoms with E-state index in [2.05, 4.69) is 0 Å². The third kappa shape index (κ3) is 4.17. The number of benzene rings is 1. The Bertz CT molecular complexity index is 620. The molecule has 5 atom stereocenters. The Morgan fingerprint density at radius 1 is 1.31 bits per heavy atom. The molecule has 2 aliphatic rings. The van der Waals surface area contributed by atoms with E-state index in [9.17, 15) is 9.90 Å². The number of thioether (sulfide) groups is 1. The van der Waals surface area contributed by atoms with Crippen molar-refractivity contribution in [3.8, 4) is 0 Å². The number of amides is 1. The molecular weight excluding hydrogens is 354 g/mol. The average Bonchev–Trinajstić information content (AvgIpc) is 2.60. The third-order valence-corrected chi connectivity index (χ3v) is 5.66. The van der Waals surface area contributed by atoms with Gasteiger partial charge in [-0.1, -0.05) is 30.3 Å². The van der Waals surface area contributed by atoms with Crippen LogP contribution in [0.2, 0.25) is 0 Å². The molecule has 26 heavy (non-hydrogen) atoms. The Hall–Kier alpha value is -1.28. The number of piperidine rings is 1. The van der Waals surface area contributed by atoms with E-state index in [-0.39, 0.29) is 23.9 Å². The van der Waals surface area contributed by atoms with E-state index in [4.69, 9.17) is 14.2 Å². The Kier molecular flexibility index (Phi) is 5.81. The second kappa shape index (κ2) is 7.76. The molecule has 1 amide bonds. The molecule has 7 heteroatoms. The molecule has 0 aliphatic carbocycles. The van der Waals surface area contributed by atoms with Crippen LogP contribution in [0.3, 0.4) is 0 Å². The molecule has 0 radical (unpaired) electrons. The summed E-state index contributed by atoms with van der Waals surface area (Å²) in [6.07, 6.45) is -0.0207. The van der Waals surface area contributed by atoms with Crippen LogP contribution in [0.1, 0.15) is 32.6 Å². The first-order valence-corrected chi connectivity index (χ1v) is 10.1. The molecule has 2 aliphatic heterocycles. The lowest BCUT2D eigenvalue weighted by Crippen LogP contribution is -2.66. The van der Waals surface area contributed by atoms with Crippen LogP contribution >= 0.6 is 11.8 Å². The summed E-state index contributed by atoms with van der Waals surface area (Å²) in [7, 11) is 0. The summed E-state index contributed by atoms with van der Waals surface area (Å²) in [5, 5.41) is 10.5. The number of fused-ring (bicyclic) bond motifs is 1. The van der Waals surface area contributed by atoms with Gasteiger partial charge < -0.3 is 19.3 Å². The fraction of sp³-hybridized carbons (Fsp3) is 0.632. The highest BCUT2D eigenvalue weighted by Crippen LogP contribution is 2.37. The molecule has 1 aromatic rings. The molecule has 1 aromatic carbocycles. The van der Waals surface area contributed by atoms with Gasteiger partial charge in [0, 0.05) is 5.56 Å². The van der Waals surface area contributed by atoms with Crippen LogP contribution in [-0.4, -0.2) is 64.6 Å². The lowest BCUT2D eigenvalue weighted by atomic mass is 9.95. The molecule has 2 saturated heterocycles. The van der Waals surface area contributed by atoms with Crippen molar-refractivity contribution in [2.45, 2.75) is 56.2 Å². The highest BCUT2D eigenvalue weighted by molar-refractivity contribution is 7.99. The maximum Gasteiger partial charge on any atom is 0.410 e. The van der Waals surface area contributed by atoms with Crippen molar-refractivity contribution >= 4 is 17.9 Å². The predicted octanol–water partition coefficient (Wildman–Crippen LogP) is 2.81. The number of aliphatic hydroxyl groups excluding tert-OH is 1. The molecule has 144 valence electrons.